The third-order valence-electron chi connectivity index (χ3n) is 6.24. The lowest BCUT2D eigenvalue weighted by Gasteiger charge is -2.46. The lowest BCUT2D eigenvalue weighted by molar-refractivity contribution is -0.141. The molecule has 1 saturated carbocycles. The number of nitrogens with zero attached hydrogens (tertiary/aromatic N) is 2. The van der Waals surface area contributed by atoms with Crippen LogP contribution in [0, 0.1) is 5.92 Å². The van der Waals surface area contributed by atoms with E-state index in [-0.39, 0.29) is 11.6 Å². The van der Waals surface area contributed by atoms with E-state index in [4.69, 9.17) is 4.42 Å². The van der Waals surface area contributed by atoms with Crippen molar-refractivity contribution in [3.63, 3.8) is 0 Å². The molecule has 1 aromatic carbocycles. The van der Waals surface area contributed by atoms with Crippen LogP contribution in [0.25, 0.3) is 22.2 Å². The number of aromatic nitrogens is 2. The normalized spacial score (nSPS) is 31.1. The molecular weight excluding hydrogens is 328 g/mol. The van der Waals surface area contributed by atoms with Gasteiger partial charge in [-0.05, 0) is 43.0 Å². The minimum absolute atomic E-state index is 0.193. The predicted molar refractivity (Wildman–Crippen MR) is 98.2 cm³/mol. The van der Waals surface area contributed by atoms with Crippen molar-refractivity contribution in [2.45, 2.75) is 37.9 Å². The predicted octanol–water partition coefficient (Wildman–Crippen LogP) is 3.23. The van der Waals surface area contributed by atoms with Crippen molar-refractivity contribution in [1.29, 1.82) is 0 Å². The minimum Gasteiger partial charge on any atom is -0.472 e. The van der Waals surface area contributed by atoms with E-state index in [9.17, 15) is 4.79 Å². The van der Waals surface area contributed by atoms with Gasteiger partial charge in [0.05, 0.1) is 29.2 Å². The number of rotatable bonds is 2. The third-order valence-corrected chi connectivity index (χ3v) is 6.24. The summed E-state index contributed by atoms with van der Waals surface area (Å²) in [7, 11) is 1.91. The fraction of sp³-hybridized carbons (Fsp3) is 0.400. The number of amides is 1. The first-order valence-corrected chi connectivity index (χ1v) is 9.00. The molecule has 2 unspecified atom stereocenters. The molecule has 1 amide bonds. The number of aromatic amines is 1. The zero-order chi connectivity index (χ0) is 18.1. The van der Waals surface area contributed by atoms with Crippen LogP contribution in [0.1, 0.15) is 32.3 Å². The van der Waals surface area contributed by atoms with Gasteiger partial charge in [-0.1, -0.05) is 13.0 Å². The zero-order valence-electron chi connectivity index (χ0n) is 15.2. The highest BCUT2D eigenvalue weighted by Crippen LogP contribution is 2.51. The number of carbonyl (C=O) groups is 1. The van der Waals surface area contributed by atoms with Gasteiger partial charge in [-0.3, -0.25) is 15.2 Å². The Balaban J connectivity index is 1.60. The summed E-state index contributed by atoms with van der Waals surface area (Å²) in [5.41, 5.74) is 3.29. The van der Waals surface area contributed by atoms with Gasteiger partial charge in [-0.2, -0.15) is 5.10 Å². The SMILES string of the molecule is CC1CC12N[C@](C)(c1ccc3[nH]nc(-c4ccoc4)c3c1)CC(=O)N2C. The second kappa shape index (κ2) is 4.98. The van der Waals surface area contributed by atoms with Crippen LogP contribution in [0.3, 0.4) is 0 Å². The number of H-pyrrole nitrogens is 1. The van der Waals surface area contributed by atoms with Crippen molar-refractivity contribution in [2.24, 2.45) is 5.92 Å². The highest BCUT2D eigenvalue weighted by molar-refractivity contribution is 5.93. The van der Waals surface area contributed by atoms with Gasteiger partial charge in [-0.25, -0.2) is 0 Å². The summed E-state index contributed by atoms with van der Waals surface area (Å²) in [5, 5.41) is 12.4. The van der Waals surface area contributed by atoms with Gasteiger partial charge >= 0.3 is 0 Å². The molecular formula is C20H22N4O2. The molecule has 2 aliphatic rings. The summed E-state index contributed by atoms with van der Waals surface area (Å²) in [6.07, 6.45) is 4.79. The molecule has 134 valence electrons. The second-order valence-corrected chi connectivity index (χ2v) is 7.96. The van der Waals surface area contributed by atoms with Crippen molar-refractivity contribution in [1.82, 2.24) is 20.4 Å². The largest absolute Gasteiger partial charge is 0.472 e. The Kier molecular flexibility index (Phi) is 2.99. The summed E-state index contributed by atoms with van der Waals surface area (Å²) in [6, 6.07) is 8.18. The quantitative estimate of drug-likeness (QED) is 0.744. The van der Waals surface area contributed by atoms with Crippen LogP contribution in [0.4, 0.5) is 0 Å². The maximum atomic E-state index is 12.7. The molecule has 2 aromatic heterocycles. The van der Waals surface area contributed by atoms with Crippen molar-refractivity contribution >= 4 is 16.8 Å². The van der Waals surface area contributed by atoms with Crippen molar-refractivity contribution < 1.29 is 9.21 Å². The first-order chi connectivity index (χ1) is 12.4. The van der Waals surface area contributed by atoms with Crippen LogP contribution in [-0.4, -0.2) is 33.7 Å². The van der Waals surface area contributed by atoms with E-state index in [0.29, 0.717) is 12.3 Å². The Bertz CT molecular complexity index is 1010. The lowest BCUT2D eigenvalue weighted by atomic mass is 9.84. The van der Waals surface area contributed by atoms with Gasteiger partial charge in [0.15, 0.2) is 0 Å². The molecule has 6 heteroatoms. The molecule has 2 N–H and O–H groups in total. The van der Waals surface area contributed by atoms with Crippen LogP contribution in [0.5, 0.6) is 0 Å². The molecule has 0 bridgehead atoms. The topological polar surface area (TPSA) is 74.2 Å². The van der Waals surface area contributed by atoms with E-state index in [1.165, 1.54) is 0 Å². The maximum absolute atomic E-state index is 12.7. The smallest absolute Gasteiger partial charge is 0.225 e. The molecule has 1 spiro atoms. The fourth-order valence-electron chi connectivity index (χ4n) is 4.45. The number of carbonyl (C=O) groups excluding carboxylic acids is 1. The van der Waals surface area contributed by atoms with E-state index in [2.05, 4.69) is 41.5 Å². The zero-order valence-corrected chi connectivity index (χ0v) is 15.2. The fourth-order valence-corrected chi connectivity index (χ4v) is 4.45. The first-order valence-electron chi connectivity index (χ1n) is 9.00. The van der Waals surface area contributed by atoms with Crippen LogP contribution < -0.4 is 5.32 Å². The molecule has 5 rings (SSSR count). The second-order valence-electron chi connectivity index (χ2n) is 7.96. The molecule has 26 heavy (non-hydrogen) atoms. The molecule has 3 atom stereocenters. The van der Waals surface area contributed by atoms with E-state index in [0.717, 1.165) is 34.1 Å². The summed E-state index contributed by atoms with van der Waals surface area (Å²) >= 11 is 0. The monoisotopic (exact) mass is 350 g/mol. The van der Waals surface area contributed by atoms with Crippen LogP contribution in [-0.2, 0) is 10.3 Å². The maximum Gasteiger partial charge on any atom is 0.225 e. The van der Waals surface area contributed by atoms with E-state index in [1.54, 1.807) is 12.5 Å². The molecule has 0 radical (unpaired) electrons. The minimum atomic E-state index is -0.395. The Morgan fingerprint density at radius 1 is 1.35 bits per heavy atom. The number of furan rings is 1. The van der Waals surface area contributed by atoms with Gasteiger partial charge in [0.1, 0.15) is 5.69 Å². The number of hydrogen-bond donors (Lipinski definition) is 2. The summed E-state index contributed by atoms with van der Waals surface area (Å²) in [4.78, 5) is 14.6. The van der Waals surface area contributed by atoms with E-state index in [1.807, 2.05) is 24.1 Å². The number of benzene rings is 1. The van der Waals surface area contributed by atoms with Crippen LogP contribution in [0.15, 0.2) is 41.2 Å². The van der Waals surface area contributed by atoms with Gasteiger partial charge < -0.3 is 9.32 Å². The molecule has 3 aromatic rings. The van der Waals surface area contributed by atoms with E-state index < -0.39 is 5.54 Å². The summed E-state index contributed by atoms with van der Waals surface area (Å²) in [5.74, 6) is 0.660. The van der Waals surface area contributed by atoms with Crippen LogP contribution >= 0.6 is 0 Å². The van der Waals surface area contributed by atoms with Gasteiger partial charge in [0.2, 0.25) is 5.91 Å². The standard InChI is InChI=1S/C20H22N4O2/c1-12-9-20(12)23-19(2,10-17(25)24(20)3)14-4-5-16-15(8-14)18(22-21-16)13-6-7-26-11-13/h4-8,11-12,23H,9-10H2,1-3H3,(H,21,22)/t12?,19-,20?/m0/s1. The van der Waals surface area contributed by atoms with Gasteiger partial charge in [0.25, 0.3) is 0 Å². The van der Waals surface area contributed by atoms with Crippen molar-refractivity contribution in [3.8, 4) is 11.3 Å². The molecule has 1 aliphatic heterocycles. The van der Waals surface area contributed by atoms with Crippen molar-refractivity contribution in [3.05, 3.63) is 42.4 Å². The third kappa shape index (κ3) is 2.02. The lowest BCUT2D eigenvalue weighted by Crippen LogP contribution is -2.63. The summed E-state index contributed by atoms with van der Waals surface area (Å²) in [6.45, 7) is 4.32. The molecule has 1 saturated heterocycles. The molecule has 3 heterocycles. The number of nitrogens with one attached hydrogen (secondary N) is 2. The highest BCUT2D eigenvalue weighted by atomic mass is 16.3. The number of fused-ring (bicyclic) bond motifs is 1. The first kappa shape index (κ1) is 15.6. The molecule has 6 nitrogen and oxygen atoms in total. The van der Waals surface area contributed by atoms with Gasteiger partial charge in [0, 0.05) is 24.4 Å². The average molecular weight is 350 g/mol. The Morgan fingerprint density at radius 2 is 2.15 bits per heavy atom. The Hall–Kier alpha value is -2.60. The average Bonchev–Trinajstić information content (AvgIpc) is 3.04. The van der Waals surface area contributed by atoms with Gasteiger partial charge in [-0.15, -0.1) is 0 Å². The Morgan fingerprint density at radius 3 is 2.85 bits per heavy atom. The van der Waals surface area contributed by atoms with E-state index >= 15 is 0 Å². The molecule has 1 aliphatic carbocycles. The number of hydrogen-bond acceptors (Lipinski definition) is 4. The Labute approximate surface area is 151 Å². The molecule has 2 fully saturated rings. The van der Waals surface area contributed by atoms with Crippen LogP contribution in [0.2, 0.25) is 0 Å². The van der Waals surface area contributed by atoms with Crippen molar-refractivity contribution in [2.75, 3.05) is 7.05 Å². The highest BCUT2D eigenvalue weighted by Gasteiger charge is 2.61. The summed E-state index contributed by atoms with van der Waals surface area (Å²) < 4.78 is 5.21.